The van der Waals surface area contributed by atoms with Crippen LogP contribution in [-0.4, -0.2) is 65.5 Å². The number of nitrogens with zero attached hydrogens (tertiary/aromatic N) is 4. The maximum absolute atomic E-state index is 10.3. The van der Waals surface area contributed by atoms with Crippen LogP contribution in [0.5, 0.6) is 5.75 Å². The molecule has 0 radical (unpaired) electrons. The lowest BCUT2D eigenvalue weighted by Crippen LogP contribution is -2.23. The number of methoxy groups -OCH3 is 1. The lowest BCUT2D eigenvalue weighted by atomic mass is 10.2. The topological polar surface area (TPSA) is 53.8 Å². The van der Waals surface area contributed by atoms with E-state index in [1.54, 1.807) is 7.11 Å². The number of aromatic nitrogens is 2. The molecule has 0 fully saturated rings. The quantitative estimate of drug-likeness (QED) is 0.811. The van der Waals surface area contributed by atoms with Gasteiger partial charge in [0.05, 0.1) is 18.5 Å². The van der Waals surface area contributed by atoms with Crippen molar-refractivity contribution < 1.29 is 9.84 Å². The highest BCUT2D eigenvalue weighted by molar-refractivity contribution is 5.50. The summed E-state index contributed by atoms with van der Waals surface area (Å²) in [6.45, 7) is 4.29. The van der Waals surface area contributed by atoms with E-state index in [9.17, 15) is 5.11 Å². The molecule has 1 N–H and O–H groups in total. The van der Waals surface area contributed by atoms with Crippen LogP contribution >= 0.6 is 0 Å². The summed E-state index contributed by atoms with van der Waals surface area (Å²) in [6, 6.07) is 10.1. The molecule has 1 aromatic heterocycles. The van der Waals surface area contributed by atoms with E-state index in [0.29, 0.717) is 6.54 Å². The third-order valence-electron chi connectivity index (χ3n) is 4.78. The fraction of sp³-hybridized carbons (Fsp3) is 0.476. The Kier molecular flexibility index (Phi) is 6.66. The SMILES string of the molecule is COc1ccc(/C=C/CN2CCCn3nc([C@H](O)CN(C)C)cc3C2)cc1. The largest absolute Gasteiger partial charge is 0.497 e. The average Bonchev–Trinajstić information content (AvgIpc) is 2.95. The summed E-state index contributed by atoms with van der Waals surface area (Å²) in [7, 11) is 5.60. The van der Waals surface area contributed by atoms with Crippen LogP contribution in [0, 0.1) is 0 Å². The highest BCUT2D eigenvalue weighted by Crippen LogP contribution is 2.19. The summed E-state index contributed by atoms with van der Waals surface area (Å²) >= 11 is 0. The van der Waals surface area contributed by atoms with Crippen LogP contribution in [0.2, 0.25) is 0 Å². The van der Waals surface area contributed by atoms with Gasteiger partial charge in [-0.1, -0.05) is 24.3 Å². The predicted molar refractivity (Wildman–Crippen MR) is 108 cm³/mol. The summed E-state index contributed by atoms with van der Waals surface area (Å²) in [5, 5.41) is 15.0. The molecule has 1 atom stereocenters. The molecule has 0 amide bonds. The third kappa shape index (κ3) is 5.42. The fourth-order valence-corrected chi connectivity index (χ4v) is 3.36. The van der Waals surface area contributed by atoms with Crippen molar-refractivity contribution in [3.63, 3.8) is 0 Å². The Hall–Kier alpha value is -2.15. The lowest BCUT2D eigenvalue weighted by molar-refractivity contribution is 0.133. The van der Waals surface area contributed by atoms with Gasteiger partial charge in [0.1, 0.15) is 11.9 Å². The van der Waals surface area contributed by atoms with E-state index >= 15 is 0 Å². The first kappa shape index (κ1) is 19.6. The molecule has 0 saturated heterocycles. The van der Waals surface area contributed by atoms with E-state index in [1.165, 1.54) is 11.3 Å². The van der Waals surface area contributed by atoms with Gasteiger partial charge in [0.2, 0.25) is 0 Å². The maximum Gasteiger partial charge on any atom is 0.118 e. The summed E-state index contributed by atoms with van der Waals surface area (Å²) in [5.41, 5.74) is 3.12. The predicted octanol–water partition coefficient (Wildman–Crippen LogP) is 2.41. The van der Waals surface area contributed by atoms with Crippen LogP contribution in [0.25, 0.3) is 6.08 Å². The Labute approximate surface area is 161 Å². The molecule has 27 heavy (non-hydrogen) atoms. The number of aliphatic hydroxyl groups is 1. The molecular weight excluding hydrogens is 340 g/mol. The van der Waals surface area contributed by atoms with Gasteiger partial charge in [-0.2, -0.15) is 5.10 Å². The smallest absolute Gasteiger partial charge is 0.118 e. The van der Waals surface area contributed by atoms with E-state index in [1.807, 2.05) is 31.1 Å². The van der Waals surface area contributed by atoms with Gasteiger partial charge in [-0.3, -0.25) is 9.58 Å². The van der Waals surface area contributed by atoms with Crippen molar-refractivity contribution in [3.05, 3.63) is 53.4 Å². The van der Waals surface area contributed by atoms with E-state index < -0.39 is 6.10 Å². The molecule has 1 aliphatic rings. The van der Waals surface area contributed by atoms with Gasteiger partial charge in [-0.15, -0.1) is 0 Å². The van der Waals surface area contributed by atoms with E-state index in [-0.39, 0.29) is 0 Å². The molecular formula is C21H30N4O2. The van der Waals surface area contributed by atoms with Crippen LogP contribution < -0.4 is 4.74 Å². The molecule has 2 heterocycles. The number of aryl methyl sites for hydroxylation is 1. The Morgan fingerprint density at radius 2 is 2.04 bits per heavy atom. The molecule has 1 aromatic carbocycles. The van der Waals surface area contributed by atoms with Crippen LogP contribution in [0.3, 0.4) is 0 Å². The minimum absolute atomic E-state index is 0.539. The molecule has 0 unspecified atom stereocenters. The molecule has 6 nitrogen and oxygen atoms in total. The van der Waals surface area contributed by atoms with Crippen molar-refractivity contribution in [1.82, 2.24) is 19.6 Å². The van der Waals surface area contributed by atoms with Gasteiger partial charge >= 0.3 is 0 Å². The van der Waals surface area contributed by atoms with Crippen molar-refractivity contribution in [1.29, 1.82) is 0 Å². The van der Waals surface area contributed by atoms with Crippen molar-refractivity contribution in [2.24, 2.45) is 0 Å². The zero-order chi connectivity index (χ0) is 19.2. The highest BCUT2D eigenvalue weighted by Gasteiger charge is 2.19. The molecule has 0 spiro atoms. The highest BCUT2D eigenvalue weighted by atomic mass is 16.5. The molecule has 3 rings (SSSR count). The second-order valence-corrected chi connectivity index (χ2v) is 7.33. The molecule has 0 aliphatic carbocycles. The van der Waals surface area contributed by atoms with Crippen LogP contribution in [0.1, 0.15) is 29.5 Å². The standard InChI is InChI=1S/C21H30N4O2/c1-23(2)16-21(26)20-14-18-15-24(12-5-13-25(18)22-20)11-4-6-17-7-9-19(27-3)10-8-17/h4,6-10,14,21,26H,5,11-13,15-16H2,1-3H3/b6-4+/t21-/m1/s1. The van der Waals surface area contributed by atoms with E-state index in [2.05, 4.69) is 45.0 Å². The van der Waals surface area contributed by atoms with Crippen molar-refractivity contribution in [3.8, 4) is 5.75 Å². The van der Waals surface area contributed by atoms with Crippen LogP contribution in [-0.2, 0) is 13.1 Å². The van der Waals surface area contributed by atoms with Gasteiger partial charge < -0.3 is 14.7 Å². The Balaban J connectivity index is 1.60. The van der Waals surface area contributed by atoms with Gasteiger partial charge in [0.25, 0.3) is 0 Å². The fourth-order valence-electron chi connectivity index (χ4n) is 3.36. The number of rotatable bonds is 7. The molecule has 2 aromatic rings. The first-order chi connectivity index (χ1) is 13.0. The van der Waals surface area contributed by atoms with E-state index in [4.69, 9.17) is 4.74 Å². The van der Waals surface area contributed by atoms with Gasteiger partial charge in [-0.25, -0.2) is 0 Å². The number of likely N-dealkylation sites (N-methyl/N-ethyl adjacent to an activating group) is 1. The third-order valence-corrected chi connectivity index (χ3v) is 4.78. The number of fused-ring (bicyclic) bond motifs is 1. The summed E-state index contributed by atoms with van der Waals surface area (Å²) in [5.74, 6) is 0.875. The van der Waals surface area contributed by atoms with Crippen molar-refractivity contribution in [2.75, 3.05) is 40.8 Å². The molecule has 0 saturated carbocycles. The lowest BCUT2D eigenvalue weighted by Gasteiger charge is -2.17. The van der Waals surface area contributed by atoms with Crippen molar-refractivity contribution >= 4 is 6.08 Å². The average molecular weight is 370 g/mol. The minimum atomic E-state index is -0.539. The second kappa shape index (κ2) is 9.17. The maximum atomic E-state index is 10.3. The summed E-state index contributed by atoms with van der Waals surface area (Å²) < 4.78 is 7.25. The van der Waals surface area contributed by atoms with Crippen LogP contribution in [0.4, 0.5) is 0 Å². The number of hydrogen-bond acceptors (Lipinski definition) is 5. The van der Waals surface area contributed by atoms with Gasteiger partial charge in [0, 0.05) is 32.7 Å². The number of ether oxygens (including phenoxy) is 1. The molecule has 0 bridgehead atoms. The summed E-state index contributed by atoms with van der Waals surface area (Å²) in [4.78, 5) is 4.40. The first-order valence-electron chi connectivity index (χ1n) is 9.47. The first-order valence-corrected chi connectivity index (χ1v) is 9.47. The molecule has 1 aliphatic heterocycles. The Bertz CT molecular complexity index is 752. The second-order valence-electron chi connectivity index (χ2n) is 7.33. The van der Waals surface area contributed by atoms with Crippen LogP contribution in [0.15, 0.2) is 36.4 Å². The Morgan fingerprint density at radius 3 is 2.74 bits per heavy atom. The monoisotopic (exact) mass is 370 g/mol. The molecule has 6 heteroatoms. The Morgan fingerprint density at radius 1 is 1.26 bits per heavy atom. The summed E-state index contributed by atoms with van der Waals surface area (Å²) in [6.07, 6.45) is 4.88. The number of hydrogen-bond donors (Lipinski definition) is 1. The number of aliphatic hydroxyl groups excluding tert-OH is 1. The van der Waals surface area contributed by atoms with Gasteiger partial charge in [0.15, 0.2) is 0 Å². The van der Waals surface area contributed by atoms with E-state index in [0.717, 1.165) is 44.0 Å². The van der Waals surface area contributed by atoms with Crippen molar-refractivity contribution in [2.45, 2.75) is 25.6 Å². The number of benzene rings is 1. The zero-order valence-corrected chi connectivity index (χ0v) is 16.5. The normalized spacial score (nSPS) is 16.5. The van der Waals surface area contributed by atoms with Gasteiger partial charge in [-0.05, 0) is 44.3 Å². The molecule has 146 valence electrons. The zero-order valence-electron chi connectivity index (χ0n) is 16.5. The minimum Gasteiger partial charge on any atom is -0.497 e.